The largest absolute Gasteiger partial charge is 0.269 e. The number of sulfonamides is 1. The zero-order valence-corrected chi connectivity index (χ0v) is 11.4. The molecule has 2 aromatic rings. The Hall–Kier alpha value is -2.26. The van der Waals surface area contributed by atoms with Crippen LogP contribution in [-0.4, -0.2) is 34.9 Å². The van der Waals surface area contributed by atoms with Gasteiger partial charge in [-0.2, -0.15) is 9.40 Å². The molecule has 1 heterocycles. The predicted molar refractivity (Wildman–Crippen MR) is 70.3 cm³/mol. The molecule has 0 unspecified atom stereocenters. The Balaban J connectivity index is 2.22. The second-order valence-electron chi connectivity index (χ2n) is 4.11. The number of nitro groups is 1. The lowest BCUT2D eigenvalue weighted by Crippen LogP contribution is -2.26. The smallest absolute Gasteiger partial charge is 0.266 e. The number of hydrogen-bond acceptors (Lipinski definition) is 5. The summed E-state index contributed by atoms with van der Waals surface area (Å²) < 4.78 is 25.4. The molecule has 0 bridgehead atoms. The van der Waals surface area contributed by atoms with Crippen molar-refractivity contribution < 1.29 is 13.3 Å². The summed E-state index contributed by atoms with van der Waals surface area (Å²) in [5.41, 5.74) is 0.458. The van der Waals surface area contributed by atoms with Gasteiger partial charge < -0.3 is 0 Å². The highest BCUT2D eigenvalue weighted by atomic mass is 32.2. The summed E-state index contributed by atoms with van der Waals surface area (Å²) in [7, 11) is -2.28. The molecule has 0 fully saturated rings. The first-order valence-corrected chi connectivity index (χ1v) is 7.04. The lowest BCUT2D eigenvalue weighted by molar-refractivity contribution is -0.384. The Labute approximate surface area is 115 Å². The SMILES string of the molecule is CN(Cc1cccc([N+](=O)[O-])c1)S(=O)(=O)c1ccn[nH]1. The summed E-state index contributed by atoms with van der Waals surface area (Å²) in [6.45, 7) is 0.0308. The summed E-state index contributed by atoms with van der Waals surface area (Å²) in [5, 5.41) is 16.6. The van der Waals surface area contributed by atoms with Crippen LogP contribution in [0.15, 0.2) is 41.6 Å². The van der Waals surface area contributed by atoms with Gasteiger partial charge in [-0.1, -0.05) is 12.1 Å². The molecule has 20 heavy (non-hydrogen) atoms. The maximum atomic E-state index is 12.1. The monoisotopic (exact) mass is 296 g/mol. The van der Waals surface area contributed by atoms with E-state index in [-0.39, 0.29) is 17.3 Å². The fraction of sp³-hybridized carbons (Fsp3) is 0.182. The van der Waals surface area contributed by atoms with Gasteiger partial charge in [0.25, 0.3) is 15.7 Å². The molecule has 0 saturated carbocycles. The number of nitrogens with one attached hydrogen (secondary N) is 1. The number of benzene rings is 1. The lowest BCUT2D eigenvalue weighted by Gasteiger charge is -2.15. The van der Waals surface area contributed by atoms with Gasteiger partial charge in [0.05, 0.1) is 11.1 Å². The molecule has 1 aromatic carbocycles. The normalized spacial score (nSPS) is 11.7. The van der Waals surface area contributed by atoms with E-state index in [0.717, 1.165) is 4.31 Å². The first-order chi connectivity index (χ1) is 9.41. The average molecular weight is 296 g/mol. The molecule has 1 N–H and O–H groups in total. The maximum absolute atomic E-state index is 12.1. The number of hydrogen-bond donors (Lipinski definition) is 1. The summed E-state index contributed by atoms with van der Waals surface area (Å²) in [4.78, 5) is 10.2. The maximum Gasteiger partial charge on any atom is 0.269 e. The minimum atomic E-state index is -3.68. The minimum absolute atomic E-state index is 0.0227. The summed E-state index contributed by atoms with van der Waals surface area (Å²) in [5.74, 6) is 0. The van der Waals surface area contributed by atoms with Crippen LogP contribution in [0.1, 0.15) is 5.56 Å². The van der Waals surface area contributed by atoms with E-state index < -0.39 is 14.9 Å². The third-order valence-electron chi connectivity index (χ3n) is 2.69. The van der Waals surface area contributed by atoms with Crippen LogP contribution in [0.2, 0.25) is 0 Å². The second-order valence-corrected chi connectivity index (χ2v) is 6.12. The van der Waals surface area contributed by atoms with Crippen molar-refractivity contribution in [2.75, 3.05) is 7.05 Å². The highest BCUT2D eigenvalue weighted by molar-refractivity contribution is 7.89. The van der Waals surface area contributed by atoms with Crippen molar-refractivity contribution in [2.45, 2.75) is 11.6 Å². The molecule has 0 amide bonds. The van der Waals surface area contributed by atoms with Gasteiger partial charge in [0.15, 0.2) is 5.03 Å². The van der Waals surface area contributed by atoms with E-state index in [1.54, 1.807) is 6.07 Å². The van der Waals surface area contributed by atoms with E-state index in [4.69, 9.17) is 0 Å². The highest BCUT2D eigenvalue weighted by Crippen LogP contribution is 2.17. The molecule has 0 spiro atoms. The molecular formula is C11H12N4O4S. The molecule has 2 rings (SSSR count). The molecule has 1 aromatic heterocycles. The van der Waals surface area contributed by atoms with Crippen LogP contribution >= 0.6 is 0 Å². The van der Waals surface area contributed by atoms with Crippen LogP contribution in [0.3, 0.4) is 0 Å². The zero-order valence-electron chi connectivity index (χ0n) is 10.6. The van der Waals surface area contributed by atoms with E-state index in [0.29, 0.717) is 5.56 Å². The quantitative estimate of drug-likeness (QED) is 0.657. The van der Waals surface area contributed by atoms with Crippen LogP contribution in [0.5, 0.6) is 0 Å². The summed E-state index contributed by atoms with van der Waals surface area (Å²) in [6, 6.07) is 7.20. The minimum Gasteiger partial charge on any atom is -0.266 e. The van der Waals surface area contributed by atoms with Crippen LogP contribution in [0.25, 0.3) is 0 Å². The van der Waals surface area contributed by atoms with E-state index in [9.17, 15) is 18.5 Å². The van der Waals surface area contributed by atoms with Crippen molar-refractivity contribution in [3.63, 3.8) is 0 Å². The second kappa shape index (κ2) is 5.39. The molecular weight excluding hydrogens is 284 g/mol. The molecule has 0 atom stereocenters. The predicted octanol–water partition coefficient (Wildman–Crippen LogP) is 1.14. The molecule has 106 valence electrons. The summed E-state index contributed by atoms with van der Waals surface area (Å²) in [6.07, 6.45) is 1.34. The molecule has 0 radical (unpaired) electrons. The van der Waals surface area contributed by atoms with Crippen LogP contribution in [0, 0.1) is 10.1 Å². The fourth-order valence-corrected chi connectivity index (χ4v) is 2.72. The number of nitrogens with zero attached hydrogens (tertiary/aromatic N) is 3. The standard InChI is InChI=1S/C11H12N4O4S/c1-14(20(18,19)11-5-6-12-13-11)8-9-3-2-4-10(7-9)15(16)17/h2-7H,8H2,1H3,(H,12,13). The number of H-pyrrole nitrogens is 1. The third-order valence-corrected chi connectivity index (χ3v) is 4.42. The molecule has 0 aliphatic carbocycles. The van der Waals surface area contributed by atoms with Gasteiger partial charge in [-0.25, -0.2) is 8.42 Å². The molecule has 9 heteroatoms. The zero-order chi connectivity index (χ0) is 14.8. The number of non-ortho nitro benzene ring substituents is 1. The topological polar surface area (TPSA) is 109 Å². The number of rotatable bonds is 5. The van der Waals surface area contributed by atoms with E-state index in [1.807, 2.05) is 0 Å². The van der Waals surface area contributed by atoms with Gasteiger partial charge in [0, 0.05) is 25.7 Å². The highest BCUT2D eigenvalue weighted by Gasteiger charge is 2.22. The number of aromatic nitrogens is 2. The first-order valence-electron chi connectivity index (χ1n) is 5.60. The van der Waals surface area contributed by atoms with Crippen molar-refractivity contribution in [3.8, 4) is 0 Å². The Morgan fingerprint density at radius 3 is 2.75 bits per heavy atom. The average Bonchev–Trinajstić information content (AvgIpc) is 2.93. The van der Waals surface area contributed by atoms with Gasteiger partial charge in [-0.3, -0.25) is 15.2 Å². The van der Waals surface area contributed by atoms with Crippen LogP contribution in [-0.2, 0) is 16.6 Å². The van der Waals surface area contributed by atoms with E-state index in [1.165, 1.54) is 37.5 Å². The fourth-order valence-electron chi connectivity index (χ4n) is 1.67. The third kappa shape index (κ3) is 2.83. The van der Waals surface area contributed by atoms with Crippen molar-refractivity contribution in [1.29, 1.82) is 0 Å². The lowest BCUT2D eigenvalue weighted by atomic mass is 10.2. The Bertz CT molecular complexity index is 712. The summed E-state index contributed by atoms with van der Waals surface area (Å²) >= 11 is 0. The van der Waals surface area contributed by atoms with Crippen molar-refractivity contribution in [2.24, 2.45) is 0 Å². The molecule has 8 nitrogen and oxygen atoms in total. The van der Waals surface area contributed by atoms with Gasteiger partial charge in [0.1, 0.15) is 0 Å². The number of aromatic amines is 1. The Kier molecular flexibility index (Phi) is 3.81. The van der Waals surface area contributed by atoms with Gasteiger partial charge in [-0.05, 0) is 11.6 Å². The molecule has 0 saturated heterocycles. The number of nitro benzene ring substituents is 1. The van der Waals surface area contributed by atoms with Crippen LogP contribution < -0.4 is 0 Å². The Morgan fingerprint density at radius 1 is 1.40 bits per heavy atom. The van der Waals surface area contributed by atoms with Crippen LogP contribution in [0.4, 0.5) is 5.69 Å². The molecule has 0 aliphatic heterocycles. The Morgan fingerprint density at radius 2 is 2.15 bits per heavy atom. The van der Waals surface area contributed by atoms with Gasteiger partial charge >= 0.3 is 0 Å². The van der Waals surface area contributed by atoms with Gasteiger partial charge in [0.2, 0.25) is 0 Å². The van der Waals surface area contributed by atoms with Gasteiger partial charge in [-0.15, -0.1) is 0 Å². The molecule has 0 aliphatic rings. The van der Waals surface area contributed by atoms with E-state index >= 15 is 0 Å². The first kappa shape index (κ1) is 14.2. The van der Waals surface area contributed by atoms with Crippen molar-refractivity contribution >= 4 is 15.7 Å². The van der Waals surface area contributed by atoms with Crippen molar-refractivity contribution in [3.05, 3.63) is 52.2 Å². The van der Waals surface area contributed by atoms with E-state index in [2.05, 4.69) is 10.2 Å². The van der Waals surface area contributed by atoms with Crippen molar-refractivity contribution in [1.82, 2.24) is 14.5 Å².